The molecule has 0 spiro atoms. The van der Waals surface area contributed by atoms with Crippen LogP contribution < -0.4 is 21.7 Å². The molecule has 0 saturated carbocycles. The highest BCUT2D eigenvalue weighted by Crippen LogP contribution is 2.45. The highest BCUT2D eigenvalue weighted by atomic mass is 16.7. The van der Waals surface area contributed by atoms with E-state index < -0.39 is 228 Å². The van der Waals surface area contributed by atoms with Gasteiger partial charge in [-0.3, -0.25) is 24.0 Å². The molecule has 34 heteroatoms. The third-order valence-electron chi connectivity index (χ3n) is 25.5. The fourth-order valence-corrected chi connectivity index (χ4v) is 17.9. The summed E-state index contributed by atoms with van der Waals surface area (Å²) in [5.41, 5.74) is -4.17. The Bertz CT molecular complexity index is 3140. The van der Waals surface area contributed by atoms with Crippen molar-refractivity contribution in [3.8, 4) is 0 Å². The lowest BCUT2D eigenvalue weighted by Crippen LogP contribution is -2.61. The first kappa shape index (κ1) is 106. The first-order valence-electron chi connectivity index (χ1n) is 42.0. The van der Waals surface area contributed by atoms with Gasteiger partial charge < -0.3 is 138 Å². The summed E-state index contributed by atoms with van der Waals surface area (Å²) in [5, 5.41) is 78.1. The molecule has 0 bridgehead atoms. The van der Waals surface area contributed by atoms with Gasteiger partial charge in [0.1, 0.15) is 59.0 Å². The van der Waals surface area contributed by atoms with Gasteiger partial charge >= 0.3 is 23.9 Å². The Hall–Kier alpha value is -4.32. The Morgan fingerprint density at radius 1 is 0.534 bits per heavy atom. The molecular formula is C84H154N6O28. The Morgan fingerprint density at radius 3 is 1.17 bits per heavy atom. The monoisotopic (exact) mass is 1700 g/mol. The zero-order chi connectivity index (χ0) is 90.2. The van der Waals surface area contributed by atoms with Gasteiger partial charge in [-0.2, -0.15) is 0 Å². The molecule has 11 N–H and O–H groups in total. The number of carbonyl (C=O) groups excluding carboxylic acids is 6. The molecule has 688 valence electrons. The number of hydrogen-bond acceptors (Lipinski definition) is 32. The van der Waals surface area contributed by atoms with E-state index in [4.69, 9.17) is 75.8 Å². The molecule has 6 rings (SSSR count). The van der Waals surface area contributed by atoms with E-state index >= 15 is 0 Å². The number of cyclic esters (lactones) is 2. The van der Waals surface area contributed by atoms with E-state index in [9.17, 15) is 59.4 Å². The normalized spacial score (nSPS) is 44.4. The van der Waals surface area contributed by atoms with Crippen molar-refractivity contribution in [2.75, 3.05) is 77.3 Å². The van der Waals surface area contributed by atoms with Crippen LogP contribution in [0, 0.1) is 35.5 Å². The Morgan fingerprint density at radius 2 is 0.864 bits per heavy atom. The quantitative estimate of drug-likeness (QED) is 0.0417. The third-order valence-corrected chi connectivity index (χ3v) is 25.5. The predicted octanol–water partition coefficient (Wildman–Crippen LogP) is 3.95. The average Bonchev–Trinajstić information content (AvgIpc) is 1.19. The molecule has 34 nitrogen and oxygen atoms in total. The minimum atomic E-state index is -1.97. The number of carbonyl (C=O) groups is 6. The zero-order valence-corrected chi connectivity index (χ0v) is 76.3. The maximum Gasteiger partial charge on any atom is 0.330 e. The van der Waals surface area contributed by atoms with Crippen LogP contribution in [0.3, 0.4) is 0 Å². The van der Waals surface area contributed by atoms with Crippen LogP contribution in [0.15, 0.2) is 12.7 Å². The van der Waals surface area contributed by atoms with Crippen molar-refractivity contribution in [3.63, 3.8) is 0 Å². The molecule has 2 unspecified atom stereocenters. The molecule has 2 amide bonds. The number of hydrogen-bond donors (Lipinski definition) is 10. The standard InChI is InChI=1S/C42H77N3O14.C41H72N2O14.CH5N/c1-16-29-42(10,51)34(48)26(6)44-37(49)22(2)20-40(8,52-14)35(59-39-32(47)28(45(12)13)19-23(3)54-39)24(4)33(25(5)38(50)56-29)58-31-21-41(9,53-15)36(27(7)55-31)57-30(46)17-18-43-11;1-16-28-41(11,49)33(46)25(7)42-36(47)21(3)19-39(9,50-14)34(57-38-31(45)27(43(12)13)18-22(4)52-38)23(5)32(24(6)37(48)54-28)56-30-20-40(10,51-15)35(26(8)53-30)55-29(44)17-2;1-2/h22-29,31-36,39,43,47-48,51H,16-21H2,1-15H3,(H,44,49);17,21-28,30-35,38,45-46,49H,2,16,18-20H2,1,3-15H3,(H,42,47);2H2,1H3/t22-,23-,24+,25-,26-,27+,28+,29-,31?,32-,33+,34-,35-,36+,39+,40-,41-,42-;21-,22-,23+,24-,25-,26+,27+,28-,30?,31-,32+,33-,34-,35+,38+,39-,40-,41-;/m11./s1. The summed E-state index contributed by atoms with van der Waals surface area (Å²) in [4.78, 5) is 85.3. The van der Waals surface area contributed by atoms with E-state index in [-0.39, 0.29) is 69.2 Å². The molecule has 0 aromatic rings. The second-order valence-electron chi connectivity index (χ2n) is 35.4. The van der Waals surface area contributed by atoms with Crippen molar-refractivity contribution < 1.29 is 135 Å². The number of rotatable bonds is 22. The molecule has 36 atom stereocenters. The number of ether oxygens (including phenoxy) is 16. The van der Waals surface area contributed by atoms with E-state index in [2.05, 4.69) is 28.3 Å². The zero-order valence-electron chi connectivity index (χ0n) is 76.3. The van der Waals surface area contributed by atoms with Crippen LogP contribution in [-0.2, 0) is 105 Å². The maximum absolute atomic E-state index is 14.4. The smallest absolute Gasteiger partial charge is 0.330 e. The molecule has 0 aromatic heterocycles. The van der Waals surface area contributed by atoms with Crippen molar-refractivity contribution in [2.45, 2.75) is 377 Å². The number of amides is 2. The van der Waals surface area contributed by atoms with Crippen LogP contribution >= 0.6 is 0 Å². The largest absolute Gasteiger partial charge is 0.459 e. The first-order valence-corrected chi connectivity index (χ1v) is 42.0. The fourth-order valence-electron chi connectivity index (χ4n) is 17.9. The summed E-state index contributed by atoms with van der Waals surface area (Å²) in [6.07, 6.45) is -16.8. The number of likely N-dealkylation sites (N-methyl/N-ethyl adjacent to an activating group) is 2. The molecule has 6 heterocycles. The minimum absolute atomic E-state index is 0.0705. The summed E-state index contributed by atoms with van der Waals surface area (Å²) >= 11 is 0. The maximum atomic E-state index is 14.4. The molecular weight excluding hydrogens is 1540 g/mol. The number of nitrogens with zero attached hydrogens (tertiary/aromatic N) is 2. The van der Waals surface area contributed by atoms with Gasteiger partial charge in [-0.1, -0.05) is 48.1 Å². The second kappa shape index (κ2) is 45.5. The van der Waals surface area contributed by atoms with Gasteiger partial charge in [-0.05, 0) is 178 Å². The van der Waals surface area contributed by atoms with E-state index in [1.165, 1.54) is 49.3 Å². The molecule has 6 aliphatic rings. The second-order valence-corrected chi connectivity index (χ2v) is 35.4. The number of nitrogens with two attached hydrogens (primary N) is 1. The molecule has 118 heavy (non-hydrogen) atoms. The lowest BCUT2D eigenvalue weighted by molar-refractivity contribution is -0.320. The van der Waals surface area contributed by atoms with Gasteiger partial charge in [0.2, 0.25) is 11.8 Å². The lowest BCUT2D eigenvalue weighted by atomic mass is 9.77. The van der Waals surface area contributed by atoms with Crippen LogP contribution in [0.1, 0.15) is 196 Å². The number of esters is 4. The van der Waals surface area contributed by atoms with Gasteiger partial charge in [-0.25, -0.2) is 4.79 Å². The van der Waals surface area contributed by atoms with Crippen molar-refractivity contribution in [1.82, 2.24) is 25.8 Å². The van der Waals surface area contributed by atoms with E-state index in [0.717, 1.165) is 6.08 Å². The molecule has 0 aliphatic carbocycles. The van der Waals surface area contributed by atoms with E-state index in [0.29, 0.717) is 19.4 Å². The summed E-state index contributed by atoms with van der Waals surface area (Å²) in [5.74, 6) is -8.50. The van der Waals surface area contributed by atoms with E-state index in [1.807, 2.05) is 65.7 Å². The van der Waals surface area contributed by atoms with Crippen molar-refractivity contribution in [3.05, 3.63) is 12.7 Å². The summed E-state index contributed by atoms with van der Waals surface area (Å²) in [6, 6.07) is -2.49. The number of nitrogens with one attached hydrogen (secondary N) is 3. The van der Waals surface area contributed by atoms with Crippen LogP contribution in [0.2, 0.25) is 0 Å². The number of methoxy groups -OCH3 is 4. The van der Waals surface area contributed by atoms with Crippen LogP contribution in [-0.4, -0.2) is 334 Å². The van der Waals surface area contributed by atoms with E-state index in [1.54, 1.807) is 104 Å². The van der Waals surface area contributed by atoms with Gasteiger partial charge in [0.05, 0.1) is 90.4 Å². The fraction of sp³-hybridized carbons (Fsp3) is 0.905. The average molecular weight is 1700 g/mol. The topological polar surface area (TPSA) is 440 Å². The van der Waals surface area contributed by atoms with Gasteiger partial charge in [0.25, 0.3) is 0 Å². The van der Waals surface area contributed by atoms with Gasteiger partial charge in [0.15, 0.2) is 37.4 Å². The lowest BCUT2D eigenvalue weighted by Gasteiger charge is -2.49. The molecule has 6 fully saturated rings. The predicted molar refractivity (Wildman–Crippen MR) is 436 cm³/mol. The van der Waals surface area contributed by atoms with Crippen molar-refractivity contribution >= 4 is 35.7 Å². The van der Waals surface area contributed by atoms with Crippen molar-refractivity contribution in [2.24, 2.45) is 41.2 Å². The van der Waals surface area contributed by atoms with Crippen LogP contribution in [0.25, 0.3) is 0 Å². The summed E-state index contributed by atoms with van der Waals surface area (Å²) < 4.78 is 101. The number of aliphatic hydroxyl groups excluding tert-OH is 4. The Labute approximate surface area is 701 Å². The minimum Gasteiger partial charge on any atom is -0.459 e. The molecule has 0 radical (unpaired) electrons. The Kier molecular flexibility index (Phi) is 40.9. The SMILES string of the molecule is C=CC(=O)O[C@H]1[C@H](C)OC(O[C@H]2[C@H](C)[C@@H](O[C@@H]3O[C@H](C)C[C@H](N(C)C)[C@H]3O)[C@](C)(OC)C[C@@H](C)C(=O)N[C@H](C)[C@@H](O)[C@](C)(O)[C@@H](CC)OC(=O)[C@@H]2C)C[C@@]1(C)OC.CC[C@H]1OC(=O)[C@H](C)[C@@H](OC2C[C@@](C)(OC)[C@@H](OC(=O)CCNC)[C@H](C)O2)[C@H](C)[C@@H](O[C@@H]2O[C@H](C)C[C@H](N(C)C)[C@H]2O)[C@](C)(OC)C[C@@H](C)C(=O)N[C@H](C)[C@@H](O)[C@]1(C)O.CN. The highest BCUT2D eigenvalue weighted by Gasteiger charge is 2.58. The molecule has 6 aliphatic heterocycles. The van der Waals surface area contributed by atoms with Gasteiger partial charge in [0, 0.05) is 89.7 Å². The van der Waals surface area contributed by atoms with Crippen LogP contribution in [0.4, 0.5) is 0 Å². The third kappa shape index (κ3) is 25.9. The first-order chi connectivity index (χ1) is 54.8. The van der Waals surface area contributed by atoms with Crippen molar-refractivity contribution in [1.29, 1.82) is 0 Å². The highest BCUT2D eigenvalue weighted by molar-refractivity contribution is 5.81. The Balaban J connectivity index is 0.000000486. The molecule has 6 saturated heterocycles. The number of aliphatic hydroxyl groups is 6. The summed E-state index contributed by atoms with van der Waals surface area (Å²) in [6.45, 7) is 38.0. The summed E-state index contributed by atoms with van der Waals surface area (Å²) in [7, 11) is 16.7. The van der Waals surface area contributed by atoms with Gasteiger partial charge in [-0.15, -0.1) is 0 Å². The van der Waals surface area contributed by atoms with Crippen LogP contribution in [0.5, 0.6) is 0 Å². The molecule has 0 aromatic carbocycles.